The first-order chi connectivity index (χ1) is 17.8. The summed E-state index contributed by atoms with van der Waals surface area (Å²) in [6, 6.07) is 16.3. The van der Waals surface area contributed by atoms with Crippen molar-refractivity contribution in [3.05, 3.63) is 106 Å². The first kappa shape index (κ1) is 24.2. The summed E-state index contributed by atoms with van der Waals surface area (Å²) in [5.74, 6) is 0.839. The number of allylic oxidation sites excluding steroid dienone is 3. The predicted molar refractivity (Wildman–Crippen MR) is 156 cm³/mol. The fraction of sp³-hybridized carbons (Fsp3) is 0.214. The Balaban J connectivity index is 1.30. The molecule has 37 heavy (non-hydrogen) atoms. The average molecular weight is 545 g/mol. The first-order valence-electron chi connectivity index (χ1n) is 12.0. The second-order valence-corrected chi connectivity index (χ2v) is 12.0. The Morgan fingerprint density at radius 3 is 2.68 bits per heavy atom. The van der Waals surface area contributed by atoms with Crippen LogP contribution in [0.2, 0.25) is 5.02 Å². The van der Waals surface area contributed by atoms with E-state index in [0.717, 1.165) is 38.3 Å². The van der Waals surface area contributed by atoms with E-state index in [1.165, 1.54) is 5.56 Å². The predicted octanol–water partition coefficient (Wildman–Crippen LogP) is 6.83. The Bertz CT molecular complexity index is 1520. The maximum Gasteiger partial charge on any atom is 0.181 e. The fourth-order valence-corrected chi connectivity index (χ4v) is 6.37. The third-order valence-corrected chi connectivity index (χ3v) is 8.45. The van der Waals surface area contributed by atoms with Crippen molar-refractivity contribution < 1.29 is 0 Å². The molecule has 2 aromatic carbocycles. The van der Waals surface area contributed by atoms with Crippen molar-refractivity contribution in [3.63, 3.8) is 0 Å². The molecule has 3 aromatic rings. The van der Waals surface area contributed by atoms with Crippen molar-refractivity contribution in [2.75, 3.05) is 5.32 Å². The van der Waals surface area contributed by atoms with Crippen LogP contribution in [0.5, 0.6) is 0 Å². The third kappa shape index (κ3) is 4.43. The number of nitrogens with zero attached hydrogens (tertiary/aromatic N) is 5. The zero-order valence-electron chi connectivity index (χ0n) is 20.6. The molecule has 4 heterocycles. The van der Waals surface area contributed by atoms with Crippen LogP contribution in [0.25, 0.3) is 5.03 Å². The van der Waals surface area contributed by atoms with E-state index < -0.39 is 0 Å². The Morgan fingerprint density at radius 2 is 1.92 bits per heavy atom. The van der Waals surface area contributed by atoms with Crippen molar-refractivity contribution in [2.24, 2.45) is 10.9 Å². The Labute approximate surface area is 230 Å². The van der Waals surface area contributed by atoms with Gasteiger partial charge in [0.15, 0.2) is 10.9 Å². The van der Waals surface area contributed by atoms with Crippen molar-refractivity contribution >= 4 is 57.1 Å². The Morgan fingerprint density at radius 1 is 1.14 bits per heavy atom. The van der Waals surface area contributed by atoms with Gasteiger partial charge in [-0.05, 0) is 41.4 Å². The molecule has 0 spiro atoms. The molecule has 0 radical (unpaired) electrons. The summed E-state index contributed by atoms with van der Waals surface area (Å²) in [4.78, 5) is 8.07. The van der Waals surface area contributed by atoms with Gasteiger partial charge in [-0.3, -0.25) is 9.56 Å². The SMILES string of the molecule is CC(C)(C)c1ccc(NC(=S)N2C=CC3C(=C2)SC2=C3C(c3ccccc3Cl)=NCc3nncn32)cc1. The molecule has 0 amide bonds. The summed E-state index contributed by atoms with van der Waals surface area (Å²) in [5.41, 5.74) is 5.27. The molecular weight excluding hydrogens is 520 g/mol. The molecule has 1 aromatic heterocycles. The molecule has 6 nitrogen and oxygen atoms in total. The van der Waals surface area contributed by atoms with Crippen LogP contribution in [-0.4, -0.2) is 30.5 Å². The van der Waals surface area contributed by atoms with Gasteiger partial charge in [0.25, 0.3) is 0 Å². The van der Waals surface area contributed by atoms with Crippen LogP contribution in [0, 0.1) is 5.92 Å². The number of halogens is 1. The molecule has 0 aliphatic carbocycles. The first-order valence-corrected chi connectivity index (χ1v) is 13.6. The summed E-state index contributed by atoms with van der Waals surface area (Å²) >= 11 is 14.1. The standard InChI is InChI=1S/C28H25ClN6S2/c1-28(2,3)17-8-10-18(11-9-17)32-27(36)34-13-12-20-22(15-34)37-26-24(20)25(19-6-4-5-7-21(19)29)30-14-23-33-31-16-35(23)26/h4-13,15-16,20H,14H2,1-3H3,(H,32,36). The van der Waals surface area contributed by atoms with Gasteiger partial charge in [0.1, 0.15) is 12.9 Å². The number of rotatable bonds is 2. The normalized spacial score (nSPS) is 18.5. The van der Waals surface area contributed by atoms with Gasteiger partial charge in [0.2, 0.25) is 0 Å². The zero-order valence-corrected chi connectivity index (χ0v) is 23.0. The van der Waals surface area contributed by atoms with Gasteiger partial charge in [-0.25, -0.2) is 0 Å². The topological polar surface area (TPSA) is 58.3 Å². The quantitative estimate of drug-likeness (QED) is 0.357. The minimum absolute atomic E-state index is 0.0356. The maximum absolute atomic E-state index is 6.63. The highest BCUT2D eigenvalue weighted by atomic mass is 35.5. The summed E-state index contributed by atoms with van der Waals surface area (Å²) in [6.45, 7) is 7.07. The van der Waals surface area contributed by atoms with Crippen LogP contribution in [-0.2, 0) is 12.0 Å². The molecular formula is C28H25ClN6S2. The molecule has 0 saturated heterocycles. The van der Waals surface area contributed by atoms with E-state index in [1.807, 2.05) is 39.9 Å². The van der Waals surface area contributed by atoms with Crippen molar-refractivity contribution in [2.45, 2.75) is 32.7 Å². The van der Waals surface area contributed by atoms with Gasteiger partial charge in [-0.15, -0.1) is 10.2 Å². The number of thioether (sulfide) groups is 1. The molecule has 0 bridgehead atoms. The number of fused-ring (bicyclic) bond motifs is 4. The summed E-state index contributed by atoms with van der Waals surface area (Å²) in [5, 5.41) is 14.2. The molecule has 6 rings (SSSR count). The monoisotopic (exact) mass is 544 g/mol. The molecule has 1 atom stereocenters. The Hall–Kier alpha value is -3.20. The van der Waals surface area contributed by atoms with E-state index in [4.69, 9.17) is 28.8 Å². The second-order valence-electron chi connectivity index (χ2n) is 10.1. The molecule has 0 fully saturated rings. The molecule has 9 heteroatoms. The van der Waals surface area contributed by atoms with Crippen LogP contribution in [0.1, 0.15) is 37.7 Å². The highest BCUT2D eigenvalue weighted by Gasteiger charge is 2.38. The second kappa shape index (κ2) is 9.28. The lowest BCUT2D eigenvalue weighted by Gasteiger charge is -2.26. The minimum atomic E-state index is 0.0356. The van der Waals surface area contributed by atoms with Gasteiger partial charge in [-0.1, -0.05) is 80.5 Å². The number of nitrogens with one attached hydrogen (secondary N) is 1. The summed E-state index contributed by atoms with van der Waals surface area (Å²) < 4.78 is 2.04. The summed E-state index contributed by atoms with van der Waals surface area (Å²) in [7, 11) is 0. The van der Waals surface area contributed by atoms with E-state index in [0.29, 0.717) is 16.7 Å². The number of aliphatic imine (C=N–C) groups is 1. The van der Waals surface area contributed by atoms with Crippen molar-refractivity contribution in [1.82, 2.24) is 19.7 Å². The van der Waals surface area contributed by atoms with Gasteiger partial charge in [0.05, 0.1) is 10.7 Å². The molecule has 1 unspecified atom stereocenters. The van der Waals surface area contributed by atoms with Crippen molar-refractivity contribution in [3.8, 4) is 0 Å². The highest BCUT2D eigenvalue weighted by Crippen LogP contribution is 2.52. The molecule has 1 N–H and O–H groups in total. The van der Waals surface area contributed by atoms with Gasteiger partial charge in [-0.2, -0.15) is 0 Å². The number of thiocarbonyl (C=S) groups is 1. The lowest BCUT2D eigenvalue weighted by Crippen LogP contribution is -2.28. The lowest BCUT2D eigenvalue weighted by molar-refractivity contribution is 0.590. The fourth-order valence-electron chi connectivity index (χ4n) is 4.61. The van der Waals surface area contributed by atoms with Crippen molar-refractivity contribution in [1.29, 1.82) is 0 Å². The number of hydrogen-bond donors (Lipinski definition) is 1. The van der Waals surface area contributed by atoms with E-state index in [2.05, 4.69) is 72.8 Å². The van der Waals surface area contributed by atoms with E-state index in [1.54, 1.807) is 18.1 Å². The van der Waals surface area contributed by atoms with E-state index in [-0.39, 0.29) is 11.3 Å². The van der Waals surface area contributed by atoms with Crippen LogP contribution < -0.4 is 5.32 Å². The van der Waals surface area contributed by atoms with E-state index in [9.17, 15) is 0 Å². The maximum atomic E-state index is 6.63. The smallest absolute Gasteiger partial charge is 0.181 e. The highest BCUT2D eigenvalue weighted by molar-refractivity contribution is 8.11. The largest absolute Gasteiger partial charge is 0.332 e. The molecule has 186 valence electrons. The minimum Gasteiger partial charge on any atom is -0.332 e. The third-order valence-electron chi connectivity index (χ3n) is 6.60. The zero-order chi connectivity index (χ0) is 25.7. The molecule has 3 aliphatic heterocycles. The van der Waals surface area contributed by atoms with E-state index >= 15 is 0 Å². The number of hydrogen-bond acceptors (Lipinski definition) is 5. The van der Waals surface area contributed by atoms with Crippen LogP contribution in [0.4, 0.5) is 5.69 Å². The van der Waals surface area contributed by atoms with Gasteiger partial charge in [0, 0.05) is 45.1 Å². The molecule has 0 saturated carbocycles. The van der Waals surface area contributed by atoms with Crippen LogP contribution in [0.3, 0.4) is 0 Å². The molecule has 3 aliphatic rings. The summed E-state index contributed by atoms with van der Waals surface area (Å²) in [6.07, 6.45) is 8.04. The van der Waals surface area contributed by atoms with Gasteiger partial charge < -0.3 is 10.2 Å². The number of benzene rings is 2. The lowest BCUT2D eigenvalue weighted by atomic mass is 9.87. The van der Waals surface area contributed by atoms with Crippen LogP contribution in [0.15, 0.2) is 88.8 Å². The number of anilines is 1. The van der Waals surface area contributed by atoms with Gasteiger partial charge >= 0.3 is 0 Å². The average Bonchev–Trinajstić information content (AvgIpc) is 3.46. The number of aromatic nitrogens is 3. The Kier molecular flexibility index (Phi) is 6.06. The van der Waals surface area contributed by atoms with Crippen LogP contribution >= 0.6 is 35.6 Å².